The molecule has 8 heteroatoms. The van der Waals surface area contributed by atoms with Crippen molar-refractivity contribution in [3.63, 3.8) is 0 Å². The summed E-state index contributed by atoms with van der Waals surface area (Å²) in [5.74, 6) is -0.320. The minimum Gasteiger partial charge on any atom is -0.665 e. The van der Waals surface area contributed by atoms with E-state index >= 15 is 0 Å². The summed E-state index contributed by atoms with van der Waals surface area (Å²) in [5, 5.41) is 21.9. The molecule has 0 spiro atoms. The van der Waals surface area contributed by atoms with Gasteiger partial charge in [0, 0.05) is 37.1 Å². The summed E-state index contributed by atoms with van der Waals surface area (Å²) in [6.07, 6.45) is 9.21. The zero-order valence-corrected chi connectivity index (χ0v) is 25.3. The number of nitrogen functional groups attached to an aromatic ring is 1. The van der Waals surface area contributed by atoms with Crippen molar-refractivity contribution in [2.24, 2.45) is 5.92 Å². The van der Waals surface area contributed by atoms with Gasteiger partial charge in [0.05, 0.1) is 13.5 Å². The number of methoxy groups -OCH3 is 1. The highest BCUT2D eigenvalue weighted by molar-refractivity contribution is 5.99. The average Bonchev–Trinajstić information content (AvgIpc) is 3.44. The van der Waals surface area contributed by atoms with Gasteiger partial charge in [-0.2, -0.15) is 11.4 Å². The van der Waals surface area contributed by atoms with Crippen molar-refractivity contribution in [3.8, 4) is 11.5 Å². The maximum atomic E-state index is 12.7. The maximum Gasteiger partial charge on any atom is 0.161 e. The van der Waals surface area contributed by atoms with Gasteiger partial charge in [0.1, 0.15) is 17.4 Å². The molecule has 0 aliphatic carbocycles. The van der Waals surface area contributed by atoms with Crippen LogP contribution in [0.3, 0.4) is 0 Å². The van der Waals surface area contributed by atoms with Gasteiger partial charge < -0.3 is 25.7 Å². The average molecular weight is 577 g/mol. The van der Waals surface area contributed by atoms with E-state index in [4.69, 9.17) is 10.5 Å². The van der Waals surface area contributed by atoms with Crippen molar-refractivity contribution >= 4 is 17.4 Å². The molecule has 0 amide bonds. The van der Waals surface area contributed by atoms with E-state index in [1.54, 1.807) is 18.3 Å². The second-order valence-corrected chi connectivity index (χ2v) is 11.1. The first-order valence-electron chi connectivity index (χ1n) is 15.2. The van der Waals surface area contributed by atoms with Crippen LogP contribution in [0.25, 0.3) is 0 Å². The van der Waals surface area contributed by atoms with Gasteiger partial charge in [-0.25, -0.2) is 4.98 Å². The Kier molecular flexibility index (Phi) is 13.1. The lowest BCUT2D eigenvalue weighted by molar-refractivity contribution is -0.127. The summed E-state index contributed by atoms with van der Waals surface area (Å²) < 4.78 is 5.53. The molecule has 0 radical (unpaired) electrons. The number of aromatic nitrogens is 2. The summed E-state index contributed by atoms with van der Waals surface area (Å²) in [6, 6.07) is 11.1. The molecule has 228 valence electrons. The number of benzene rings is 1. The monoisotopic (exact) mass is 576 g/mol. The Balaban J connectivity index is 1.85. The van der Waals surface area contributed by atoms with Gasteiger partial charge in [0.25, 0.3) is 0 Å². The van der Waals surface area contributed by atoms with Crippen molar-refractivity contribution in [2.45, 2.75) is 90.4 Å². The van der Waals surface area contributed by atoms with Crippen molar-refractivity contribution in [1.82, 2.24) is 9.97 Å². The van der Waals surface area contributed by atoms with Gasteiger partial charge in [-0.1, -0.05) is 64.2 Å². The van der Waals surface area contributed by atoms with Crippen LogP contribution in [0.4, 0.5) is 5.82 Å². The van der Waals surface area contributed by atoms with Crippen LogP contribution in [0, 0.1) is 5.92 Å². The highest BCUT2D eigenvalue weighted by Crippen LogP contribution is 2.43. The molecule has 2 aromatic heterocycles. The van der Waals surface area contributed by atoms with Crippen molar-refractivity contribution in [1.29, 1.82) is 0 Å². The van der Waals surface area contributed by atoms with Crippen LogP contribution in [0.1, 0.15) is 99.2 Å². The lowest BCUT2D eigenvalue weighted by Gasteiger charge is -2.30. The summed E-state index contributed by atoms with van der Waals surface area (Å²) in [7, 11) is 1.48. The Morgan fingerprint density at radius 3 is 2.40 bits per heavy atom. The second-order valence-electron chi connectivity index (χ2n) is 11.1. The molecule has 0 saturated carbocycles. The largest absolute Gasteiger partial charge is 0.665 e. The minimum atomic E-state index is -0.457. The van der Waals surface area contributed by atoms with Crippen LogP contribution in [0.5, 0.6) is 11.5 Å². The van der Waals surface area contributed by atoms with E-state index in [1.165, 1.54) is 13.5 Å². The van der Waals surface area contributed by atoms with E-state index in [9.17, 15) is 19.8 Å². The summed E-state index contributed by atoms with van der Waals surface area (Å²) in [5.41, 5.74) is 10.0. The normalized spacial score (nSPS) is 12.7. The Morgan fingerprint density at radius 1 is 1.00 bits per heavy atom. The van der Waals surface area contributed by atoms with Gasteiger partial charge >= 0.3 is 0 Å². The quantitative estimate of drug-likeness (QED) is 0.122. The minimum absolute atomic E-state index is 0.00560. The number of anilines is 1. The fourth-order valence-electron chi connectivity index (χ4n) is 5.52. The number of ether oxygens (including phenoxy) is 1. The number of carbonyl (C=O) groups is 2. The van der Waals surface area contributed by atoms with Gasteiger partial charge in [0.2, 0.25) is 0 Å². The number of aliphatic hydroxyl groups is 1. The summed E-state index contributed by atoms with van der Waals surface area (Å²) in [4.78, 5) is 33.8. The Bertz CT molecular complexity index is 1300. The standard InChI is InChI=1S/C34H46N3O5/c1-4-6-7-8-9-10-28(39)21-29(40)14-11-23-17-30(34(41)31(18-23)42-3)33(24-15-16-36-32(35)20-24)25(22-38)19-27-13-12-26(5-2)37-27/h12-13,15-18,20,25,33,38,41H,4-11,14,19,21-22H2,1-3H3,(H2,35,36)/q-1. The molecule has 42 heavy (non-hydrogen) atoms. The molecule has 2 atom stereocenters. The SMILES string of the molecule is CCCCCCCC(=O)CC(=O)CCc1cc(OC)c(O)c(C(c2ccnc(N)c2)C(CO)Cc2ccc(CC)[n-]2)c1. The van der Waals surface area contributed by atoms with E-state index in [0.717, 1.165) is 54.6 Å². The fourth-order valence-corrected chi connectivity index (χ4v) is 5.52. The van der Waals surface area contributed by atoms with Gasteiger partial charge in [-0.3, -0.25) is 9.59 Å². The number of phenolic OH excluding ortho intramolecular Hbond substituents is 1. The molecule has 0 bridgehead atoms. The third-order valence-corrected chi connectivity index (χ3v) is 7.82. The van der Waals surface area contributed by atoms with Gasteiger partial charge in [-0.15, -0.1) is 0 Å². The number of pyridine rings is 1. The third-order valence-electron chi connectivity index (χ3n) is 7.82. The van der Waals surface area contributed by atoms with Gasteiger partial charge in [0.15, 0.2) is 11.5 Å². The molecule has 2 unspecified atom stereocenters. The Hall–Kier alpha value is -3.65. The number of nitrogens with zero attached hydrogens (tertiary/aromatic N) is 2. The molecule has 1 aromatic carbocycles. The first kappa shape index (κ1) is 32.9. The Labute approximate surface area is 249 Å². The van der Waals surface area contributed by atoms with Crippen molar-refractivity contribution < 1.29 is 24.5 Å². The topological polar surface area (TPSA) is 137 Å². The van der Waals surface area contributed by atoms with Crippen LogP contribution < -0.4 is 15.5 Å². The number of aryl methyl sites for hydroxylation is 2. The molecule has 8 nitrogen and oxygen atoms in total. The molecule has 0 aliphatic rings. The fraction of sp³-hybridized carbons (Fsp3) is 0.500. The van der Waals surface area contributed by atoms with Crippen molar-refractivity contribution in [2.75, 3.05) is 19.5 Å². The number of ketones is 2. The molecule has 0 aliphatic heterocycles. The van der Waals surface area contributed by atoms with E-state index in [0.29, 0.717) is 30.6 Å². The smallest absolute Gasteiger partial charge is 0.161 e. The second kappa shape index (κ2) is 16.7. The van der Waals surface area contributed by atoms with Crippen LogP contribution in [-0.2, 0) is 28.9 Å². The van der Waals surface area contributed by atoms with Crippen LogP contribution in [0.2, 0.25) is 0 Å². The van der Waals surface area contributed by atoms with Crippen LogP contribution in [0.15, 0.2) is 42.6 Å². The number of rotatable bonds is 19. The summed E-state index contributed by atoms with van der Waals surface area (Å²) in [6.45, 7) is 4.04. The number of aliphatic hydroxyl groups excluding tert-OH is 1. The van der Waals surface area contributed by atoms with E-state index in [-0.39, 0.29) is 48.4 Å². The number of nitrogens with two attached hydrogens (primary N) is 1. The number of Topliss-reactive ketones (excluding diaryl/α,β-unsaturated/α-hetero) is 2. The Morgan fingerprint density at radius 2 is 1.74 bits per heavy atom. The van der Waals surface area contributed by atoms with E-state index in [1.807, 2.05) is 31.2 Å². The summed E-state index contributed by atoms with van der Waals surface area (Å²) >= 11 is 0. The lowest BCUT2D eigenvalue weighted by atomic mass is 9.78. The van der Waals surface area contributed by atoms with Crippen LogP contribution >= 0.6 is 0 Å². The number of hydrogen-bond acceptors (Lipinski definition) is 7. The van der Waals surface area contributed by atoms with Crippen LogP contribution in [-0.4, -0.2) is 40.5 Å². The van der Waals surface area contributed by atoms with Gasteiger partial charge in [-0.05, 0) is 54.5 Å². The number of phenols is 1. The first-order chi connectivity index (χ1) is 20.3. The third kappa shape index (κ3) is 9.44. The highest BCUT2D eigenvalue weighted by atomic mass is 16.5. The molecule has 0 saturated heterocycles. The molecule has 4 N–H and O–H groups in total. The predicted octanol–water partition coefficient (Wildman–Crippen LogP) is 5.70. The lowest BCUT2D eigenvalue weighted by Crippen LogP contribution is -2.22. The maximum absolute atomic E-state index is 12.7. The number of carbonyl (C=O) groups excluding carboxylic acids is 2. The van der Waals surface area contributed by atoms with E-state index in [2.05, 4.69) is 16.9 Å². The van der Waals surface area contributed by atoms with E-state index < -0.39 is 5.92 Å². The molecule has 2 heterocycles. The number of aromatic hydroxyl groups is 1. The molecule has 3 aromatic rings. The first-order valence-corrected chi connectivity index (χ1v) is 15.2. The number of hydrogen-bond donors (Lipinski definition) is 3. The van der Waals surface area contributed by atoms with Crippen molar-refractivity contribution in [3.05, 3.63) is 70.7 Å². The zero-order chi connectivity index (χ0) is 30.5. The number of unbranched alkanes of at least 4 members (excludes halogenated alkanes) is 4. The highest BCUT2D eigenvalue weighted by Gasteiger charge is 2.29. The molecule has 3 rings (SSSR count). The molecule has 0 fully saturated rings. The molecular weight excluding hydrogens is 530 g/mol. The molecular formula is C34H46N3O5-. The predicted molar refractivity (Wildman–Crippen MR) is 165 cm³/mol. The zero-order valence-electron chi connectivity index (χ0n) is 25.3.